The van der Waals surface area contributed by atoms with Gasteiger partial charge in [-0.1, -0.05) is 47.5 Å². The van der Waals surface area contributed by atoms with E-state index in [0.29, 0.717) is 16.6 Å². The third-order valence-electron chi connectivity index (χ3n) is 5.05. The molecule has 1 aliphatic rings. The van der Waals surface area contributed by atoms with Crippen LogP contribution in [0.15, 0.2) is 36.4 Å². The molecule has 0 aromatic heterocycles. The standard InChI is InChI=1S/C21H24Cl2N2O/c1-14-6-3-7-15(2)20(14)24-21(26)16-8-5-11-25(12-16)13-17-18(22)9-4-10-19(17)23/h3-4,6-7,9-10,16H,5,8,11-13H2,1-2H3,(H,24,26). The highest BCUT2D eigenvalue weighted by Gasteiger charge is 2.27. The summed E-state index contributed by atoms with van der Waals surface area (Å²) in [7, 11) is 0. The fraction of sp³-hybridized carbons (Fsp3) is 0.381. The number of aryl methyl sites for hydroxylation is 2. The van der Waals surface area contributed by atoms with E-state index in [1.807, 2.05) is 50.2 Å². The van der Waals surface area contributed by atoms with Crippen molar-refractivity contribution in [2.45, 2.75) is 33.2 Å². The molecule has 2 aromatic carbocycles. The molecule has 3 rings (SSSR count). The van der Waals surface area contributed by atoms with Gasteiger partial charge in [-0.3, -0.25) is 9.69 Å². The Kier molecular flexibility index (Phi) is 6.23. The summed E-state index contributed by atoms with van der Waals surface area (Å²) in [6, 6.07) is 11.6. The first-order valence-corrected chi connectivity index (χ1v) is 9.73. The molecule has 0 saturated carbocycles. The molecule has 1 atom stereocenters. The van der Waals surface area contributed by atoms with Gasteiger partial charge in [0, 0.05) is 34.4 Å². The minimum atomic E-state index is -0.0241. The smallest absolute Gasteiger partial charge is 0.228 e. The number of para-hydroxylation sites is 1. The van der Waals surface area contributed by atoms with Crippen molar-refractivity contribution in [3.63, 3.8) is 0 Å². The van der Waals surface area contributed by atoms with Gasteiger partial charge in [-0.2, -0.15) is 0 Å². The fourth-order valence-electron chi connectivity index (χ4n) is 3.56. The number of carbonyl (C=O) groups is 1. The predicted molar refractivity (Wildman–Crippen MR) is 109 cm³/mol. The minimum absolute atomic E-state index is 0.0241. The van der Waals surface area contributed by atoms with Crippen molar-refractivity contribution in [1.29, 1.82) is 0 Å². The van der Waals surface area contributed by atoms with Crippen molar-refractivity contribution in [3.05, 3.63) is 63.1 Å². The average Bonchev–Trinajstić information content (AvgIpc) is 2.62. The fourth-order valence-corrected chi connectivity index (χ4v) is 4.07. The lowest BCUT2D eigenvalue weighted by atomic mass is 9.96. The Morgan fingerprint density at radius 2 is 1.73 bits per heavy atom. The van der Waals surface area contributed by atoms with E-state index in [9.17, 15) is 4.79 Å². The number of anilines is 1. The number of amides is 1. The normalized spacial score (nSPS) is 17.9. The third-order valence-corrected chi connectivity index (χ3v) is 5.76. The van der Waals surface area contributed by atoms with Crippen molar-refractivity contribution in [2.24, 2.45) is 5.92 Å². The second-order valence-electron chi connectivity index (χ2n) is 7.03. The summed E-state index contributed by atoms with van der Waals surface area (Å²) in [5.74, 6) is 0.0707. The zero-order chi connectivity index (χ0) is 18.7. The first kappa shape index (κ1) is 19.2. The average molecular weight is 391 g/mol. The topological polar surface area (TPSA) is 32.3 Å². The van der Waals surface area contributed by atoms with Crippen molar-refractivity contribution >= 4 is 34.8 Å². The maximum atomic E-state index is 12.8. The molecule has 2 aromatic rings. The van der Waals surface area contributed by atoms with Gasteiger partial charge in [0.25, 0.3) is 0 Å². The van der Waals surface area contributed by atoms with Gasteiger partial charge in [-0.05, 0) is 56.5 Å². The Bertz CT molecular complexity index is 766. The molecule has 0 aliphatic carbocycles. The first-order chi connectivity index (χ1) is 12.5. The Balaban J connectivity index is 1.67. The molecule has 26 heavy (non-hydrogen) atoms. The van der Waals surface area contributed by atoms with Gasteiger partial charge in [-0.25, -0.2) is 0 Å². The molecule has 0 bridgehead atoms. The van der Waals surface area contributed by atoms with E-state index < -0.39 is 0 Å². The number of benzene rings is 2. The second kappa shape index (κ2) is 8.43. The number of nitrogens with one attached hydrogen (secondary N) is 1. The quantitative estimate of drug-likeness (QED) is 0.751. The molecule has 1 heterocycles. The summed E-state index contributed by atoms with van der Waals surface area (Å²) >= 11 is 12.6. The lowest BCUT2D eigenvalue weighted by Crippen LogP contribution is -2.40. The van der Waals surface area contributed by atoms with Crippen LogP contribution < -0.4 is 5.32 Å². The molecule has 0 radical (unpaired) electrons. The molecule has 3 nitrogen and oxygen atoms in total. The van der Waals surface area contributed by atoms with Crippen LogP contribution >= 0.6 is 23.2 Å². The van der Waals surface area contributed by atoms with Gasteiger partial charge in [0.2, 0.25) is 5.91 Å². The van der Waals surface area contributed by atoms with Crippen molar-refractivity contribution in [3.8, 4) is 0 Å². The Labute approximate surface area is 165 Å². The van der Waals surface area contributed by atoms with Gasteiger partial charge < -0.3 is 5.32 Å². The highest BCUT2D eigenvalue weighted by molar-refractivity contribution is 6.35. The molecule has 1 fully saturated rings. The van der Waals surface area contributed by atoms with E-state index in [4.69, 9.17) is 23.2 Å². The summed E-state index contributed by atoms with van der Waals surface area (Å²) in [5, 5.41) is 4.50. The van der Waals surface area contributed by atoms with Gasteiger partial charge in [0.1, 0.15) is 0 Å². The summed E-state index contributed by atoms with van der Waals surface area (Å²) in [5.41, 5.74) is 4.05. The Morgan fingerprint density at radius 3 is 2.38 bits per heavy atom. The SMILES string of the molecule is Cc1cccc(C)c1NC(=O)C1CCCN(Cc2c(Cl)cccc2Cl)C1. The Hall–Kier alpha value is -1.55. The molecule has 1 saturated heterocycles. The van der Waals surface area contributed by atoms with E-state index in [1.54, 1.807) is 0 Å². The van der Waals surface area contributed by atoms with Crippen LogP contribution in [0.2, 0.25) is 10.0 Å². The number of rotatable bonds is 4. The number of hydrogen-bond donors (Lipinski definition) is 1. The zero-order valence-electron chi connectivity index (χ0n) is 15.2. The molecule has 1 aliphatic heterocycles. The number of nitrogens with zero attached hydrogens (tertiary/aromatic N) is 1. The van der Waals surface area contributed by atoms with Gasteiger partial charge in [0.15, 0.2) is 0 Å². The third kappa shape index (κ3) is 4.40. The monoisotopic (exact) mass is 390 g/mol. The second-order valence-corrected chi connectivity index (χ2v) is 7.84. The van der Waals surface area contributed by atoms with E-state index in [2.05, 4.69) is 10.2 Å². The van der Waals surface area contributed by atoms with E-state index >= 15 is 0 Å². The molecule has 1 N–H and O–H groups in total. The zero-order valence-corrected chi connectivity index (χ0v) is 16.7. The lowest BCUT2D eigenvalue weighted by Gasteiger charge is -2.32. The molecule has 0 spiro atoms. The van der Waals surface area contributed by atoms with Crippen LogP contribution in [0, 0.1) is 19.8 Å². The van der Waals surface area contributed by atoms with E-state index in [0.717, 1.165) is 48.3 Å². The minimum Gasteiger partial charge on any atom is -0.325 e. The molecular weight excluding hydrogens is 367 g/mol. The molecule has 1 amide bonds. The van der Waals surface area contributed by atoms with Crippen molar-refractivity contribution < 1.29 is 4.79 Å². The van der Waals surface area contributed by atoms with Crippen LogP contribution in [-0.2, 0) is 11.3 Å². The van der Waals surface area contributed by atoms with E-state index in [1.165, 1.54) is 0 Å². The van der Waals surface area contributed by atoms with Gasteiger partial charge in [-0.15, -0.1) is 0 Å². The highest BCUT2D eigenvalue weighted by Crippen LogP contribution is 2.28. The summed E-state index contributed by atoms with van der Waals surface area (Å²) in [6.07, 6.45) is 1.90. The molecule has 138 valence electrons. The van der Waals surface area contributed by atoms with Crippen molar-refractivity contribution in [2.75, 3.05) is 18.4 Å². The van der Waals surface area contributed by atoms with Crippen LogP contribution in [0.25, 0.3) is 0 Å². The maximum Gasteiger partial charge on any atom is 0.228 e. The Morgan fingerprint density at radius 1 is 1.12 bits per heavy atom. The number of likely N-dealkylation sites (tertiary alicyclic amines) is 1. The van der Waals surface area contributed by atoms with Gasteiger partial charge >= 0.3 is 0 Å². The highest BCUT2D eigenvalue weighted by atomic mass is 35.5. The van der Waals surface area contributed by atoms with Crippen LogP contribution in [0.4, 0.5) is 5.69 Å². The number of piperidine rings is 1. The van der Waals surface area contributed by atoms with Crippen LogP contribution in [-0.4, -0.2) is 23.9 Å². The number of carbonyl (C=O) groups excluding carboxylic acids is 1. The van der Waals surface area contributed by atoms with Crippen LogP contribution in [0.5, 0.6) is 0 Å². The predicted octanol–water partition coefficient (Wildman–Crippen LogP) is 5.46. The largest absolute Gasteiger partial charge is 0.325 e. The number of hydrogen-bond acceptors (Lipinski definition) is 2. The van der Waals surface area contributed by atoms with Gasteiger partial charge in [0.05, 0.1) is 5.92 Å². The van der Waals surface area contributed by atoms with Crippen molar-refractivity contribution in [1.82, 2.24) is 4.90 Å². The summed E-state index contributed by atoms with van der Waals surface area (Å²) < 4.78 is 0. The molecule has 1 unspecified atom stereocenters. The lowest BCUT2D eigenvalue weighted by molar-refractivity contribution is -0.121. The molecular formula is C21H24Cl2N2O. The van der Waals surface area contributed by atoms with Crippen LogP contribution in [0.1, 0.15) is 29.5 Å². The maximum absolute atomic E-state index is 12.8. The molecule has 5 heteroatoms. The van der Waals surface area contributed by atoms with E-state index in [-0.39, 0.29) is 11.8 Å². The summed E-state index contributed by atoms with van der Waals surface area (Å²) in [4.78, 5) is 15.1. The van der Waals surface area contributed by atoms with Crippen LogP contribution in [0.3, 0.4) is 0 Å². The number of halogens is 2. The first-order valence-electron chi connectivity index (χ1n) is 8.98. The summed E-state index contributed by atoms with van der Waals surface area (Å²) in [6.45, 7) is 6.39.